The van der Waals surface area contributed by atoms with E-state index in [0.29, 0.717) is 23.6 Å². The van der Waals surface area contributed by atoms with Gasteiger partial charge >= 0.3 is 0 Å². The molecule has 0 aliphatic carbocycles. The fourth-order valence-corrected chi connectivity index (χ4v) is 2.24. The van der Waals surface area contributed by atoms with E-state index in [2.05, 4.69) is 20.8 Å². The smallest absolute Gasteiger partial charge is 0.274 e. The lowest BCUT2D eigenvalue weighted by Crippen LogP contribution is -2.25. The molecule has 3 rings (SSSR count). The summed E-state index contributed by atoms with van der Waals surface area (Å²) >= 11 is 0. The van der Waals surface area contributed by atoms with Gasteiger partial charge in [-0.1, -0.05) is 0 Å². The number of nitrogens with one attached hydrogen (secondary N) is 2. The quantitative estimate of drug-likeness (QED) is 0.704. The Kier molecular flexibility index (Phi) is 4.64. The topological polar surface area (TPSA) is 107 Å². The molecule has 0 spiro atoms. The van der Waals surface area contributed by atoms with E-state index in [1.54, 1.807) is 36.3 Å². The number of rotatable bonds is 6. The van der Waals surface area contributed by atoms with Crippen LogP contribution >= 0.6 is 0 Å². The zero-order valence-corrected chi connectivity index (χ0v) is 13.9. The Morgan fingerprint density at radius 2 is 2.12 bits per heavy atom. The fourth-order valence-electron chi connectivity index (χ4n) is 2.24. The van der Waals surface area contributed by atoms with Gasteiger partial charge in [-0.25, -0.2) is 0 Å². The van der Waals surface area contributed by atoms with Crippen LogP contribution in [0.2, 0.25) is 0 Å². The van der Waals surface area contributed by atoms with Crippen LogP contribution in [0.5, 0.6) is 0 Å². The second-order valence-electron chi connectivity index (χ2n) is 5.37. The first kappa shape index (κ1) is 16.5. The highest BCUT2D eigenvalue weighted by molar-refractivity contribution is 6.08. The molecule has 0 saturated heterocycles. The number of carbonyl (C=O) groups excluding carboxylic acids is 2. The molecule has 2 amide bonds. The van der Waals surface area contributed by atoms with Crippen LogP contribution in [0.1, 0.15) is 33.5 Å². The van der Waals surface area contributed by atoms with E-state index < -0.39 is 5.91 Å². The number of nitrogens with zero attached hydrogens (tertiary/aromatic N) is 4. The van der Waals surface area contributed by atoms with Gasteiger partial charge in [0.25, 0.3) is 11.8 Å². The zero-order valence-electron chi connectivity index (χ0n) is 13.9. The van der Waals surface area contributed by atoms with E-state index in [1.807, 2.05) is 6.92 Å². The molecule has 9 nitrogen and oxygen atoms in total. The largest absolute Gasteiger partial charge is 0.467 e. The Labute approximate surface area is 143 Å². The van der Waals surface area contributed by atoms with Gasteiger partial charge in [-0.05, 0) is 19.1 Å². The first-order valence-electron chi connectivity index (χ1n) is 7.75. The van der Waals surface area contributed by atoms with Crippen LogP contribution in [-0.4, -0.2) is 31.4 Å². The predicted molar refractivity (Wildman–Crippen MR) is 88.9 cm³/mol. The van der Waals surface area contributed by atoms with Crippen molar-refractivity contribution in [2.75, 3.05) is 5.32 Å². The number of anilines is 1. The lowest BCUT2D eigenvalue weighted by Gasteiger charge is -2.04. The summed E-state index contributed by atoms with van der Waals surface area (Å²) in [5, 5.41) is 13.6. The molecule has 3 aromatic heterocycles. The number of aryl methyl sites for hydroxylation is 2. The monoisotopic (exact) mass is 342 g/mol. The summed E-state index contributed by atoms with van der Waals surface area (Å²) in [5.74, 6) is -0.127. The van der Waals surface area contributed by atoms with Gasteiger partial charge in [0.2, 0.25) is 0 Å². The van der Waals surface area contributed by atoms with E-state index in [-0.39, 0.29) is 18.1 Å². The minimum absolute atomic E-state index is 0.144. The maximum absolute atomic E-state index is 12.4. The predicted octanol–water partition coefficient (Wildman–Crippen LogP) is 1.41. The van der Waals surface area contributed by atoms with Crippen molar-refractivity contribution < 1.29 is 14.0 Å². The van der Waals surface area contributed by atoms with Crippen LogP contribution in [-0.2, 0) is 20.1 Å². The highest BCUT2D eigenvalue weighted by atomic mass is 16.3. The van der Waals surface area contributed by atoms with Crippen LogP contribution in [0.4, 0.5) is 5.69 Å². The van der Waals surface area contributed by atoms with Gasteiger partial charge in [0.05, 0.1) is 30.3 Å². The summed E-state index contributed by atoms with van der Waals surface area (Å²) < 4.78 is 8.29. The summed E-state index contributed by atoms with van der Waals surface area (Å²) in [5.41, 5.74) is 0.881. The Morgan fingerprint density at radius 3 is 2.76 bits per heavy atom. The lowest BCUT2D eigenvalue weighted by atomic mass is 10.3. The second-order valence-corrected chi connectivity index (χ2v) is 5.37. The third-order valence-electron chi connectivity index (χ3n) is 3.52. The zero-order chi connectivity index (χ0) is 17.8. The Balaban J connectivity index is 1.75. The molecule has 0 saturated carbocycles. The molecule has 3 aromatic rings. The highest BCUT2D eigenvalue weighted by Gasteiger charge is 2.19. The standard InChI is InChI=1S/C16H18N6O3/c1-3-22-10-13(19-15(23)11-7-18-21(2)9-11)14(20-22)16(24)17-8-12-5-4-6-25-12/h4-7,9-10H,3,8H2,1-2H3,(H,17,24)(H,19,23). The van der Waals surface area contributed by atoms with Crippen molar-refractivity contribution in [3.05, 3.63) is 54.0 Å². The first-order chi connectivity index (χ1) is 12.1. The first-order valence-corrected chi connectivity index (χ1v) is 7.75. The van der Waals surface area contributed by atoms with E-state index in [1.165, 1.54) is 17.1 Å². The van der Waals surface area contributed by atoms with E-state index >= 15 is 0 Å². The van der Waals surface area contributed by atoms with E-state index in [4.69, 9.17) is 4.42 Å². The lowest BCUT2D eigenvalue weighted by molar-refractivity contribution is 0.0943. The average molecular weight is 342 g/mol. The summed E-state index contributed by atoms with van der Waals surface area (Å²) in [6.45, 7) is 2.70. The fraction of sp³-hybridized carbons (Fsp3) is 0.250. The Morgan fingerprint density at radius 1 is 1.28 bits per heavy atom. The molecule has 9 heteroatoms. The van der Waals surface area contributed by atoms with Crippen molar-refractivity contribution >= 4 is 17.5 Å². The highest BCUT2D eigenvalue weighted by Crippen LogP contribution is 2.16. The van der Waals surface area contributed by atoms with E-state index in [0.717, 1.165) is 0 Å². The molecule has 0 aromatic carbocycles. The van der Waals surface area contributed by atoms with Crippen molar-refractivity contribution in [1.82, 2.24) is 24.9 Å². The molecule has 0 aliphatic rings. The summed E-state index contributed by atoms with van der Waals surface area (Å²) in [6.07, 6.45) is 6.20. The molecular weight excluding hydrogens is 324 g/mol. The van der Waals surface area contributed by atoms with Crippen molar-refractivity contribution in [1.29, 1.82) is 0 Å². The molecular formula is C16H18N6O3. The minimum Gasteiger partial charge on any atom is -0.467 e. The van der Waals surface area contributed by atoms with Crippen molar-refractivity contribution in [2.24, 2.45) is 7.05 Å². The summed E-state index contributed by atoms with van der Waals surface area (Å²) in [4.78, 5) is 24.7. The molecule has 0 aliphatic heterocycles. The van der Waals surface area contributed by atoms with E-state index in [9.17, 15) is 9.59 Å². The number of furan rings is 1. The van der Waals surface area contributed by atoms with Gasteiger partial charge in [-0.3, -0.25) is 19.0 Å². The van der Waals surface area contributed by atoms with Gasteiger partial charge in [-0.15, -0.1) is 0 Å². The van der Waals surface area contributed by atoms with Gasteiger partial charge in [0, 0.05) is 26.0 Å². The third-order valence-corrected chi connectivity index (χ3v) is 3.52. The number of hydrogen-bond acceptors (Lipinski definition) is 5. The van der Waals surface area contributed by atoms with Gasteiger partial charge < -0.3 is 15.1 Å². The van der Waals surface area contributed by atoms with Crippen molar-refractivity contribution in [3.8, 4) is 0 Å². The van der Waals surface area contributed by atoms with Crippen LogP contribution in [0, 0.1) is 0 Å². The maximum Gasteiger partial charge on any atom is 0.274 e. The van der Waals surface area contributed by atoms with Gasteiger partial charge in [0.1, 0.15) is 5.76 Å². The number of amides is 2. The summed E-state index contributed by atoms with van der Waals surface area (Å²) in [6, 6.07) is 3.50. The molecule has 130 valence electrons. The van der Waals surface area contributed by atoms with Crippen LogP contribution in [0.3, 0.4) is 0 Å². The summed E-state index contributed by atoms with van der Waals surface area (Å²) in [7, 11) is 1.72. The Bertz CT molecular complexity index is 878. The van der Waals surface area contributed by atoms with Crippen molar-refractivity contribution in [3.63, 3.8) is 0 Å². The van der Waals surface area contributed by atoms with Gasteiger partial charge in [0.15, 0.2) is 5.69 Å². The van der Waals surface area contributed by atoms with Gasteiger partial charge in [-0.2, -0.15) is 10.2 Å². The molecule has 2 N–H and O–H groups in total. The number of aromatic nitrogens is 4. The minimum atomic E-state index is -0.398. The molecule has 0 atom stereocenters. The SMILES string of the molecule is CCn1cc(NC(=O)c2cnn(C)c2)c(C(=O)NCc2ccco2)n1. The number of carbonyl (C=O) groups is 2. The molecule has 25 heavy (non-hydrogen) atoms. The second kappa shape index (κ2) is 7.04. The maximum atomic E-state index is 12.4. The van der Waals surface area contributed by atoms with Crippen LogP contribution < -0.4 is 10.6 Å². The molecule has 0 bridgehead atoms. The Hall–Kier alpha value is -3.36. The molecule has 3 heterocycles. The normalized spacial score (nSPS) is 10.6. The molecule has 0 radical (unpaired) electrons. The third kappa shape index (κ3) is 3.77. The molecule has 0 unspecified atom stereocenters. The van der Waals surface area contributed by atoms with Crippen LogP contribution in [0.15, 0.2) is 41.4 Å². The van der Waals surface area contributed by atoms with Crippen LogP contribution in [0.25, 0.3) is 0 Å². The number of hydrogen-bond donors (Lipinski definition) is 2. The average Bonchev–Trinajstić information content (AvgIpc) is 3.33. The van der Waals surface area contributed by atoms with Crippen molar-refractivity contribution in [2.45, 2.75) is 20.0 Å². The molecule has 0 fully saturated rings.